The third kappa shape index (κ3) is 1.68. The van der Waals surface area contributed by atoms with E-state index in [2.05, 4.69) is 28.6 Å². The largest absolute Gasteiger partial charge is 0.452 e. The maximum atomic E-state index is 6.29. The van der Waals surface area contributed by atoms with Crippen LogP contribution >= 0.6 is 0 Å². The number of hydrogen-bond donors (Lipinski definition) is 0. The summed E-state index contributed by atoms with van der Waals surface area (Å²) in [6, 6.07) is 12.1. The molecule has 3 aromatic heterocycles. The third-order valence-electron chi connectivity index (χ3n) is 4.57. The Hall–Kier alpha value is -3.14. The van der Waals surface area contributed by atoms with E-state index in [0.717, 1.165) is 49.9 Å². The highest BCUT2D eigenvalue weighted by Crippen LogP contribution is 2.40. The van der Waals surface area contributed by atoms with E-state index < -0.39 is 0 Å². The van der Waals surface area contributed by atoms with Crippen molar-refractivity contribution >= 4 is 33.1 Å². The molecule has 0 saturated heterocycles. The van der Waals surface area contributed by atoms with Crippen molar-refractivity contribution in [1.82, 2.24) is 4.98 Å². The van der Waals surface area contributed by atoms with Gasteiger partial charge < -0.3 is 8.83 Å². The third-order valence-corrected chi connectivity index (χ3v) is 4.57. The molecule has 0 aliphatic rings. The van der Waals surface area contributed by atoms with Crippen LogP contribution in [-0.2, 0) is 7.05 Å². The van der Waals surface area contributed by atoms with Crippen molar-refractivity contribution in [2.24, 2.45) is 7.05 Å². The van der Waals surface area contributed by atoms with E-state index in [1.807, 2.05) is 43.7 Å². The Balaban J connectivity index is 1.96. The summed E-state index contributed by atoms with van der Waals surface area (Å²) in [7, 11) is 2.01. The lowest BCUT2D eigenvalue weighted by Gasteiger charge is -2.04. The summed E-state index contributed by atoms with van der Waals surface area (Å²) < 4.78 is 14.4. The van der Waals surface area contributed by atoms with Crippen LogP contribution in [0.1, 0.15) is 5.56 Å². The molecule has 0 radical (unpaired) electrons. The van der Waals surface area contributed by atoms with Crippen LogP contribution in [0.25, 0.3) is 44.4 Å². The van der Waals surface area contributed by atoms with E-state index >= 15 is 0 Å². The monoisotopic (exact) mass is 315 g/mol. The molecule has 0 saturated carbocycles. The van der Waals surface area contributed by atoms with Crippen LogP contribution in [0, 0.1) is 6.92 Å². The number of aromatic nitrogens is 2. The topological polar surface area (TPSA) is 43.1 Å². The minimum atomic E-state index is 0.805. The van der Waals surface area contributed by atoms with Gasteiger partial charge in [-0.15, -0.1) is 0 Å². The molecule has 0 unspecified atom stereocenters. The van der Waals surface area contributed by atoms with Gasteiger partial charge in [0, 0.05) is 0 Å². The molecule has 0 N–H and O–H groups in total. The quantitative estimate of drug-likeness (QED) is 0.427. The van der Waals surface area contributed by atoms with Gasteiger partial charge in [-0.25, -0.2) is 0 Å². The second-order valence-corrected chi connectivity index (χ2v) is 6.07. The first-order valence-corrected chi connectivity index (χ1v) is 7.87. The van der Waals surface area contributed by atoms with Gasteiger partial charge >= 0.3 is 0 Å². The fourth-order valence-corrected chi connectivity index (χ4v) is 3.35. The highest BCUT2D eigenvalue weighted by atomic mass is 16.4. The van der Waals surface area contributed by atoms with Gasteiger partial charge in [-0.2, -0.15) is 4.57 Å². The molecule has 5 rings (SSSR count). The predicted molar refractivity (Wildman–Crippen MR) is 92.6 cm³/mol. The zero-order valence-corrected chi connectivity index (χ0v) is 13.4. The summed E-state index contributed by atoms with van der Waals surface area (Å²) in [6.45, 7) is 2.09. The molecule has 116 valence electrons. The van der Waals surface area contributed by atoms with Crippen molar-refractivity contribution in [2.75, 3.05) is 0 Å². The second-order valence-electron chi connectivity index (χ2n) is 6.07. The van der Waals surface area contributed by atoms with Crippen LogP contribution in [0.4, 0.5) is 0 Å². The maximum absolute atomic E-state index is 6.29. The molecule has 0 atom stereocenters. The van der Waals surface area contributed by atoms with E-state index in [-0.39, 0.29) is 0 Å². The number of nitrogens with zero attached hydrogens (tertiary/aromatic N) is 2. The summed E-state index contributed by atoms with van der Waals surface area (Å²) >= 11 is 0. The first kappa shape index (κ1) is 13.3. The Morgan fingerprint density at radius 2 is 1.75 bits per heavy atom. The highest BCUT2D eigenvalue weighted by molar-refractivity contribution is 6.15. The van der Waals surface area contributed by atoms with Gasteiger partial charge in [0.15, 0.2) is 22.9 Å². The number of aryl methyl sites for hydroxylation is 2. The molecule has 4 heteroatoms. The molecule has 4 nitrogen and oxygen atoms in total. The summed E-state index contributed by atoms with van der Waals surface area (Å²) in [4.78, 5) is 4.28. The summed E-state index contributed by atoms with van der Waals surface area (Å²) in [5.74, 6) is 0. The lowest BCUT2D eigenvalue weighted by Crippen LogP contribution is -2.30. The van der Waals surface area contributed by atoms with Crippen LogP contribution in [0.5, 0.6) is 0 Å². The van der Waals surface area contributed by atoms with E-state index in [4.69, 9.17) is 8.83 Å². The molecule has 0 amide bonds. The van der Waals surface area contributed by atoms with E-state index in [1.165, 1.54) is 0 Å². The number of para-hydroxylation sites is 1. The number of hydrogen-bond acceptors (Lipinski definition) is 3. The molecule has 0 bridgehead atoms. The van der Waals surface area contributed by atoms with Gasteiger partial charge in [-0.3, -0.25) is 4.98 Å². The van der Waals surface area contributed by atoms with Crippen LogP contribution in [-0.4, -0.2) is 4.98 Å². The summed E-state index contributed by atoms with van der Waals surface area (Å²) in [5.41, 5.74) is 6.52. The van der Waals surface area contributed by atoms with Crippen molar-refractivity contribution in [3.05, 3.63) is 60.6 Å². The van der Waals surface area contributed by atoms with Crippen molar-refractivity contribution < 1.29 is 13.4 Å². The maximum Gasteiger partial charge on any atom is 0.234 e. The fourth-order valence-electron chi connectivity index (χ4n) is 3.35. The van der Waals surface area contributed by atoms with Crippen LogP contribution < -0.4 is 4.57 Å². The lowest BCUT2D eigenvalue weighted by molar-refractivity contribution is -0.660. The number of fused-ring (bicyclic) bond motifs is 5. The average Bonchev–Trinajstić information content (AvgIpc) is 3.12. The Bertz CT molecular complexity index is 1230. The Labute approximate surface area is 138 Å². The van der Waals surface area contributed by atoms with Gasteiger partial charge in [0.05, 0.1) is 28.7 Å². The second kappa shape index (κ2) is 4.68. The Morgan fingerprint density at radius 1 is 0.917 bits per heavy atom. The van der Waals surface area contributed by atoms with Crippen LogP contribution in [0.3, 0.4) is 0 Å². The van der Waals surface area contributed by atoms with Crippen LogP contribution in [0.15, 0.2) is 63.8 Å². The normalized spacial score (nSPS) is 11.8. The zero-order chi connectivity index (χ0) is 16.3. The molecule has 0 aliphatic carbocycles. The Morgan fingerprint density at radius 3 is 2.62 bits per heavy atom. The number of benzene rings is 2. The van der Waals surface area contributed by atoms with Gasteiger partial charge in [-0.1, -0.05) is 18.2 Å². The van der Waals surface area contributed by atoms with E-state index in [1.54, 1.807) is 6.20 Å². The molecule has 0 fully saturated rings. The lowest BCUT2D eigenvalue weighted by atomic mass is 10.0. The zero-order valence-electron chi connectivity index (χ0n) is 13.4. The number of rotatable bonds is 1. The first-order valence-electron chi connectivity index (χ1n) is 7.87. The highest BCUT2D eigenvalue weighted by Gasteiger charge is 2.23. The van der Waals surface area contributed by atoms with Crippen molar-refractivity contribution in [3.8, 4) is 11.3 Å². The molecule has 24 heavy (non-hydrogen) atoms. The smallest absolute Gasteiger partial charge is 0.234 e. The molecule has 3 heterocycles. The van der Waals surface area contributed by atoms with Crippen molar-refractivity contribution in [2.45, 2.75) is 6.92 Å². The average molecular weight is 315 g/mol. The predicted octanol–water partition coefficient (Wildman–Crippen LogP) is 4.53. The van der Waals surface area contributed by atoms with Gasteiger partial charge in [0.2, 0.25) is 5.69 Å². The van der Waals surface area contributed by atoms with Crippen molar-refractivity contribution in [3.63, 3.8) is 0 Å². The SMILES string of the molecule is Cc1ccc2c(oc3c4ccccc4oc23)c1-c1cncc[n+]1C. The minimum Gasteiger partial charge on any atom is -0.452 e. The Kier molecular flexibility index (Phi) is 2.59. The van der Waals surface area contributed by atoms with E-state index in [9.17, 15) is 0 Å². The minimum absolute atomic E-state index is 0.805. The standard InChI is InChI=1S/C20H15N2O2/c1-12-7-8-14-18(17(12)15-11-21-9-10-22(15)2)24-19-13-5-3-4-6-16(13)23-20(14)19/h3-11H,1-2H3/q+1. The molecule has 5 aromatic rings. The molecule has 0 spiro atoms. The van der Waals surface area contributed by atoms with Crippen molar-refractivity contribution in [1.29, 1.82) is 0 Å². The molecule has 0 aliphatic heterocycles. The molecule has 2 aromatic carbocycles. The van der Waals surface area contributed by atoms with E-state index in [0.29, 0.717) is 0 Å². The number of furan rings is 2. The fraction of sp³-hybridized carbons (Fsp3) is 0.100. The van der Waals surface area contributed by atoms with Crippen LogP contribution in [0.2, 0.25) is 0 Å². The molecular formula is C20H15N2O2+. The van der Waals surface area contributed by atoms with Gasteiger partial charge in [0.1, 0.15) is 12.6 Å². The van der Waals surface area contributed by atoms with Gasteiger partial charge in [-0.05, 0) is 30.7 Å². The van der Waals surface area contributed by atoms with Gasteiger partial charge in [0.25, 0.3) is 0 Å². The first-order chi connectivity index (χ1) is 11.7. The summed E-state index contributed by atoms with van der Waals surface area (Å²) in [6.07, 6.45) is 5.58. The summed E-state index contributed by atoms with van der Waals surface area (Å²) in [5, 5.41) is 1.99. The molecular weight excluding hydrogens is 300 g/mol.